The van der Waals surface area contributed by atoms with E-state index in [9.17, 15) is 4.79 Å². The van der Waals surface area contributed by atoms with Crippen LogP contribution in [0.5, 0.6) is 17.2 Å². The summed E-state index contributed by atoms with van der Waals surface area (Å²) in [5.74, 6) is 1.99. The Hall–Kier alpha value is -2.69. The summed E-state index contributed by atoms with van der Waals surface area (Å²) in [6.07, 6.45) is -0.573. The molecule has 0 saturated heterocycles. The van der Waals surface area contributed by atoms with Crippen LogP contribution in [-0.4, -0.2) is 31.8 Å². The quantitative estimate of drug-likeness (QED) is 0.809. The van der Waals surface area contributed by atoms with Crippen molar-refractivity contribution in [3.8, 4) is 17.2 Å². The Balaban J connectivity index is 1.76. The summed E-state index contributed by atoms with van der Waals surface area (Å²) in [7, 11) is 1.62. The van der Waals surface area contributed by atoms with E-state index in [4.69, 9.17) is 14.2 Å². The van der Waals surface area contributed by atoms with E-state index in [-0.39, 0.29) is 11.9 Å². The molecule has 1 N–H and O–H groups in total. The highest BCUT2D eigenvalue weighted by atomic mass is 16.5. The first kappa shape index (κ1) is 17.7. The smallest absolute Gasteiger partial charge is 0.261 e. The maximum Gasteiger partial charge on any atom is 0.261 e. The van der Waals surface area contributed by atoms with Crippen molar-refractivity contribution in [1.82, 2.24) is 5.32 Å². The summed E-state index contributed by atoms with van der Waals surface area (Å²) in [4.78, 5) is 12.1. The summed E-state index contributed by atoms with van der Waals surface area (Å²) in [5, 5.41) is 2.88. The van der Waals surface area contributed by atoms with E-state index in [1.807, 2.05) is 61.5 Å². The van der Waals surface area contributed by atoms with Gasteiger partial charge in [0.15, 0.2) is 6.10 Å². The van der Waals surface area contributed by atoms with E-state index in [0.29, 0.717) is 12.4 Å². The number of benzene rings is 2. The van der Waals surface area contributed by atoms with E-state index in [1.165, 1.54) is 0 Å². The van der Waals surface area contributed by atoms with Crippen LogP contribution in [0.25, 0.3) is 0 Å². The number of amides is 1. The second kappa shape index (κ2) is 8.82. The highest BCUT2D eigenvalue weighted by Gasteiger charge is 2.17. The first-order valence-electron chi connectivity index (χ1n) is 7.87. The SMILES string of the molecule is COc1ccc(OC[C@H](C)NC(=O)[C@H](C)Oc2ccccc2)cc1. The largest absolute Gasteiger partial charge is 0.497 e. The second-order valence-corrected chi connectivity index (χ2v) is 5.47. The monoisotopic (exact) mass is 329 g/mol. The molecule has 0 radical (unpaired) electrons. The molecule has 0 aromatic heterocycles. The Morgan fingerprint density at radius 2 is 1.58 bits per heavy atom. The molecule has 0 spiro atoms. The zero-order chi connectivity index (χ0) is 17.4. The van der Waals surface area contributed by atoms with Crippen molar-refractivity contribution in [3.63, 3.8) is 0 Å². The Morgan fingerprint density at radius 3 is 2.21 bits per heavy atom. The fourth-order valence-electron chi connectivity index (χ4n) is 2.05. The molecular weight excluding hydrogens is 306 g/mol. The summed E-state index contributed by atoms with van der Waals surface area (Å²) >= 11 is 0. The molecule has 0 aliphatic carbocycles. The van der Waals surface area contributed by atoms with E-state index >= 15 is 0 Å². The molecule has 2 aromatic rings. The number of para-hydroxylation sites is 1. The molecule has 24 heavy (non-hydrogen) atoms. The molecule has 2 rings (SSSR count). The normalized spacial score (nSPS) is 12.8. The minimum absolute atomic E-state index is 0.138. The van der Waals surface area contributed by atoms with Crippen LogP contribution >= 0.6 is 0 Å². The molecule has 0 heterocycles. The van der Waals surface area contributed by atoms with Crippen LogP contribution in [0.15, 0.2) is 54.6 Å². The van der Waals surface area contributed by atoms with Gasteiger partial charge in [-0.3, -0.25) is 4.79 Å². The molecular formula is C19H23NO4. The number of hydrogen-bond donors (Lipinski definition) is 1. The van der Waals surface area contributed by atoms with Crippen LogP contribution in [0.2, 0.25) is 0 Å². The van der Waals surface area contributed by atoms with Crippen molar-refractivity contribution in [3.05, 3.63) is 54.6 Å². The zero-order valence-corrected chi connectivity index (χ0v) is 14.2. The van der Waals surface area contributed by atoms with Crippen molar-refractivity contribution in [2.24, 2.45) is 0 Å². The van der Waals surface area contributed by atoms with Crippen LogP contribution in [0, 0.1) is 0 Å². The van der Waals surface area contributed by atoms with Gasteiger partial charge in [0.25, 0.3) is 5.91 Å². The van der Waals surface area contributed by atoms with Gasteiger partial charge in [-0.05, 0) is 50.2 Å². The molecule has 5 heteroatoms. The lowest BCUT2D eigenvalue weighted by molar-refractivity contribution is -0.128. The first-order valence-corrected chi connectivity index (χ1v) is 7.87. The van der Waals surface area contributed by atoms with Gasteiger partial charge < -0.3 is 19.5 Å². The lowest BCUT2D eigenvalue weighted by atomic mass is 10.3. The predicted octanol–water partition coefficient (Wildman–Crippen LogP) is 3.05. The number of ether oxygens (including phenoxy) is 3. The topological polar surface area (TPSA) is 56.8 Å². The average molecular weight is 329 g/mol. The van der Waals surface area contributed by atoms with E-state index in [2.05, 4.69) is 5.32 Å². The first-order chi connectivity index (χ1) is 11.6. The number of rotatable bonds is 8. The zero-order valence-electron chi connectivity index (χ0n) is 14.2. The van der Waals surface area contributed by atoms with Gasteiger partial charge in [0.05, 0.1) is 13.2 Å². The van der Waals surface area contributed by atoms with Crippen LogP contribution in [-0.2, 0) is 4.79 Å². The number of carbonyl (C=O) groups is 1. The number of methoxy groups -OCH3 is 1. The van der Waals surface area contributed by atoms with Gasteiger partial charge in [0.1, 0.15) is 23.9 Å². The van der Waals surface area contributed by atoms with E-state index in [0.717, 1.165) is 11.5 Å². The van der Waals surface area contributed by atoms with Crippen LogP contribution in [0.3, 0.4) is 0 Å². The molecule has 0 saturated carbocycles. The maximum absolute atomic E-state index is 12.1. The number of hydrogen-bond acceptors (Lipinski definition) is 4. The summed E-state index contributed by atoms with van der Waals surface area (Å²) in [5.41, 5.74) is 0. The summed E-state index contributed by atoms with van der Waals surface area (Å²) in [6, 6.07) is 16.4. The molecule has 0 aliphatic rings. The van der Waals surface area contributed by atoms with Crippen molar-refractivity contribution < 1.29 is 19.0 Å². The van der Waals surface area contributed by atoms with E-state index in [1.54, 1.807) is 14.0 Å². The third kappa shape index (κ3) is 5.50. The lowest BCUT2D eigenvalue weighted by Crippen LogP contribution is -2.43. The molecule has 0 aliphatic heterocycles. The van der Waals surface area contributed by atoms with Gasteiger partial charge >= 0.3 is 0 Å². The number of carbonyl (C=O) groups excluding carboxylic acids is 1. The fraction of sp³-hybridized carbons (Fsp3) is 0.316. The Labute approximate surface area is 142 Å². The minimum atomic E-state index is -0.573. The van der Waals surface area contributed by atoms with Gasteiger partial charge in [-0.1, -0.05) is 18.2 Å². The van der Waals surface area contributed by atoms with Crippen molar-refractivity contribution in [2.45, 2.75) is 26.0 Å². The highest BCUT2D eigenvalue weighted by Crippen LogP contribution is 2.17. The molecule has 0 fully saturated rings. The second-order valence-electron chi connectivity index (χ2n) is 5.47. The molecule has 0 bridgehead atoms. The molecule has 2 aromatic carbocycles. The average Bonchev–Trinajstić information content (AvgIpc) is 2.61. The van der Waals surface area contributed by atoms with Gasteiger partial charge in [0.2, 0.25) is 0 Å². The Morgan fingerprint density at radius 1 is 0.958 bits per heavy atom. The fourth-order valence-corrected chi connectivity index (χ4v) is 2.05. The molecule has 1 amide bonds. The van der Waals surface area contributed by atoms with Crippen molar-refractivity contribution in [1.29, 1.82) is 0 Å². The highest BCUT2D eigenvalue weighted by molar-refractivity contribution is 5.80. The van der Waals surface area contributed by atoms with Gasteiger partial charge in [0, 0.05) is 0 Å². The van der Waals surface area contributed by atoms with Crippen molar-refractivity contribution in [2.75, 3.05) is 13.7 Å². The molecule has 5 nitrogen and oxygen atoms in total. The lowest BCUT2D eigenvalue weighted by Gasteiger charge is -2.19. The Kier molecular flexibility index (Phi) is 6.49. The van der Waals surface area contributed by atoms with E-state index < -0.39 is 6.10 Å². The summed E-state index contributed by atoms with van der Waals surface area (Å²) < 4.78 is 16.3. The molecule has 128 valence electrons. The predicted molar refractivity (Wildman–Crippen MR) is 92.6 cm³/mol. The van der Waals surface area contributed by atoms with Gasteiger partial charge in [-0.15, -0.1) is 0 Å². The van der Waals surface area contributed by atoms with Crippen LogP contribution in [0.1, 0.15) is 13.8 Å². The van der Waals surface area contributed by atoms with Gasteiger partial charge in [-0.25, -0.2) is 0 Å². The minimum Gasteiger partial charge on any atom is -0.497 e. The van der Waals surface area contributed by atoms with Crippen molar-refractivity contribution >= 4 is 5.91 Å². The van der Waals surface area contributed by atoms with Crippen LogP contribution in [0.4, 0.5) is 0 Å². The Bertz CT molecular complexity index is 628. The molecule has 2 atom stereocenters. The van der Waals surface area contributed by atoms with Crippen LogP contribution < -0.4 is 19.5 Å². The maximum atomic E-state index is 12.1. The third-order valence-electron chi connectivity index (χ3n) is 3.37. The standard InChI is InChI=1S/C19H23NO4/c1-14(13-23-17-11-9-16(22-3)10-12-17)20-19(21)15(2)24-18-7-5-4-6-8-18/h4-12,14-15H,13H2,1-3H3,(H,20,21)/t14-,15-/m0/s1. The van der Waals surface area contributed by atoms with Gasteiger partial charge in [-0.2, -0.15) is 0 Å². The summed E-state index contributed by atoms with van der Waals surface area (Å²) in [6.45, 7) is 3.98. The molecule has 0 unspecified atom stereocenters. The number of nitrogens with one attached hydrogen (secondary N) is 1. The third-order valence-corrected chi connectivity index (χ3v) is 3.37.